The van der Waals surface area contributed by atoms with E-state index in [-0.39, 0.29) is 24.8 Å². The van der Waals surface area contributed by atoms with Crippen LogP contribution in [0.1, 0.15) is 21.7 Å². The fourth-order valence-electron chi connectivity index (χ4n) is 3.72. The van der Waals surface area contributed by atoms with Crippen LogP contribution in [0.4, 0.5) is 5.69 Å². The molecule has 0 aliphatic carbocycles. The molecule has 6 heteroatoms. The molecule has 1 aliphatic rings. The zero-order valence-electron chi connectivity index (χ0n) is 17.6. The van der Waals surface area contributed by atoms with Crippen LogP contribution in [-0.4, -0.2) is 36.4 Å². The SMILES string of the molecule is Cc1ccc(CN(CCc2ccccc2)C(=O)CCN2C(=O)COc3ccccc32)s1. The number of fused-ring (bicyclic) bond motifs is 1. The highest BCUT2D eigenvalue weighted by Crippen LogP contribution is 2.31. The summed E-state index contributed by atoms with van der Waals surface area (Å²) in [5, 5.41) is 0. The van der Waals surface area contributed by atoms with Crippen molar-refractivity contribution in [2.75, 3.05) is 24.6 Å². The molecule has 0 N–H and O–H groups in total. The first-order chi connectivity index (χ1) is 15.1. The number of ether oxygens (including phenoxy) is 1. The van der Waals surface area contributed by atoms with Crippen molar-refractivity contribution in [3.05, 3.63) is 82.0 Å². The Bertz CT molecular complexity index is 1050. The number of carbonyl (C=O) groups is 2. The number of hydrogen-bond donors (Lipinski definition) is 0. The number of nitrogens with zero attached hydrogens (tertiary/aromatic N) is 2. The van der Waals surface area contributed by atoms with Crippen LogP contribution in [0.15, 0.2) is 66.7 Å². The summed E-state index contributed by atoms with van der Waals surface area (Å²) in [5.74, 6) is 0.625. The van der Waals surface area contributed by atoms with E-state index in [9.17, 15) is 9.59 Å². The second-order valence-electron chi connectivity index (χ2n) is 7.62. The van der Waals surface area contributed by atoms with Crippen molar-refractivity contribution in [3.63, 3.8) is 0 Å². The lowest BCUT2D eigenvalue weighted by Crippen LogP contribution is -2.42. The molecule has 0 fully saturated rings. The van der Waals surface area contributed by atoms with Gasteiger partial charge < -0.3 is 14.5 Å². The van der Waals surface area contributed by atoms with Gasteiger partial charge in [0.1, 0.15) is 5.75 Å². The number of rotatable bonds is 8. The second kappa shape index (κ2) is 9.79. The molecule has 160 valence electrons. The van der Waals surface area contributed by atoms with Crippen molar-refractivity contribution in [1.82, 2.24) is 4.90 Å². The predicted octanol–water partition coefficient (Wildman–Crippen LogP) is 4.44. The average molecular weight is 435 g/mol. The monoisotopic (exact) mass is 434 g/mol. The maximum Gasteiger partial charge on any atom is 0.265 e. The van der Waals surface area contributed by atoms with Gasteiger partial charge in [-0.05, 0) is 43.2 Å². The van der Waals surface area contributed by atoms with Gasteiger partial charge >= 0.3 is 0 Å². The van der Waals surface area contributed by atoms with Crippen LogP contribution >= 0.6 is 11.3 Å². The van der Waals surface area contributed by atoms with E-state index >= 15 is 0 Å². The number of carbonyl (C=O) groups excluding carboxylic acids is 2. The number of hydrogen-bond acceptors (Lipinski definition) is 4. The minimum Gasteiger partial charge on any atom is -0.482 e. The number of benzene rings is 2. The summed E-state index contributed by atoms with van der Waals surface area (Å²) in [6.45, 7) is 3.68. The Morgan fingerprint density at radius 2 is 1.84 bits per heavy atom. The number of para-hydroxylation sites is 2. The van der Waals surface area contributed by atoms with Crippen LogP contribution in [0, 0.1) is 6.92 Å². The largest absolute Gasteiger partial charge is 0.482 e. The van der Waals surface area contributed by atoms with Crippen molar-refractivity contribution in [2.24, 2.45) is 0 Å². The van der Waals surface area contributed by atoms with Crippen molar-refractivity contribution < 1.29 is 14.3 Å². The van der Waals surface area contributed by atoms with E-state index in [1.807, 2.05) is 47.4 Å². The van der Waals surface area contributed by atoms with Crippen LogP contribution in [0.5, 0.6) is 5.75 Å². The van der Waals surface area contributed by atoms with Gasteiger partial charge in [0.05, 0.1) is 12.2 Å². The van der Waals surface area contributed by atoms with Crippen LogP contribution in [0.2, 0.25) is 0 Å². The molecule has 31 heavy (non-hydrogen) atoms. The maximum atomic E-state index is 13.2. The van der Waals surface area contributed by atoms with Crippen molar-refractivity contribution in [2.45, 2.75) is 26.3 Å². The lowest BCUT2D eigenvalue weighted by molar-refractivity contribution is -0.131. The standard InChI is InChI=1S/C25H26N2O3S/c1-19-11-12-21(31-19)17-26(15-13-20-7-3-2-4-8-20)24(28)14-16-27-22-9-5-6-10-23(22)30-18-25(27)29/h2-12H,13-18H2,1H3. The summed E-state index contributed by atoms with van der Waals surface area (Å²) in [4.78, 5) is 31.6. The van der Waals surface area contributed by atoms with E-state index in [1.165, 1.54) is 15.3 Å². The van der Waals surface area contributed by atoms with Gasteiger partial charge in [0.2, 0.25) is 5.91 Å². The normalized spacial score (nSPS) is 12.9. The molecule has 2 amide bonds. The van der Waals surface area contributed by atoms with E-state index in [4.69, 9.17) is 4.74 Å². The summed E-state index contributed by atoms with van der Waals surface area (Å²) in [6, 6.07) is 21.8. The van der Waals surface area contributed by atoms with Crippen LogP contribution in [0.3, 0.4) is 0 Å². The smallest absolute Gasteiger partial charge is 0.265 e. The molecule has 4 rings (SSSR count). The first kappa shape index (κ1) is 21.1. The molecule has 0 unspecified atom stereocenters. The predicted molar refractivity (Wildman–Crippen MR) is 124 cm³/mol. The Morgan fingerprint density at radius 1 is 1.06 bits per heavy atom. The molecule has 0 saturated heterocycles. The Morgan fingerprint density at radius 3 is 2.61 bits per heavy atom. The highest BCUT2D eigenvalue weighted by Gasteiger charge is 2.26. The molecule has 0 radical (unpaired) electrons. The van der Waals surface area contributed by atoms with Gasteiger partial charge in [-0.1, -0.05) is 42.5 Å². The lowest BCUT2D eigenvalue weighted by atomic mass is 10.1. The molecule has 1 aliphatic heterocycles. The summed E-state index contributed by atoms with van der Waals surface area (Å²) in [6.07, 6.45) is 1.08. The van der Waals surface area contributed by atoms with Crippen molar-refractivity contribution >= 4 is 28.8 Å². The van der Waals surface area contributed by atoms with Gasteiger partial charge in [-0.3, -0.25) is 9.59 Å². The molecule has 3 aromatic rings. The lowest BCUT2D eigenvalue weighted by Gasteiger charge is -2.30. The van der Waals surface area contributed by atoms with E-state index in [1.54, 1.807) is 16.2 Å². The summed E-state index contributed by atoms with van der Waals surface area (Å²) >= 11 is 1.72. The highest BCUT2D eigenvalue weighted by atomic mass is 32.1. The second-order valence-corrected chi connectivity index (χ2v) is 8.99. The molecule has 5 nitrogen and oxygen atoms in total. The van der Waals surface area contributed by atoms with Gasteiger partial charge in [0, 0.05) is 29.3 Å². The minimum absolute atomic E-state index is 0.0113. The van der Waals surface area contributed by atoms with E-state index in [0.717, 1.165) is 12.1 Å². The molecule has 2 aromatic carbocycles. The Balaban J connectivity index is 1.44. The van der Waals surface area contributed by atoms with Crippen LogP contribution in [-0.2, 0) is 22.6 Å². The van der Waals surface area contributed by atoms with Gasteiger partial charge in [0.25, 0.3) is 5.91 Å². The minimum atomic E-state index is -0.115. The molecular weight excluding hydrogens is 408 g/mol. The van der Waals surface area contributed by atoms with Crippen LogP contribution < -0.4 is 9.64 Å². The van der Waals surface area contributed by atoms with Gasteiger partial charge in [-0.2, -0.15) is 0 Å². The zero-order valence-corrected chi connectivity index (χ0v) is 18.4. The maximum absolute atomic E-state index is 13.2. The summed E-state index contributed by atoms with van der Waals surface area (Å²) < 4.78 is 5.50. The third-order valence-electron chi connectivity index (χ3n) is 5.37. The fraction of sp³-hybridized carbons (Fsp3) is 0.280. The topological polar surface area (TPSA) is 49.9 Å². The van der Waals surface area contributed by atoms with Gasteiger partial charge in [-0.15, -0.1) is 11.3 Å². The van der Waals surface area contributed by atoms with Crippen molar-refractivity contribution in [3.8, 4) is 5.75 Å². The molecule has 0 atom stereocenters. The average Bonchev–Trinajstić information content (AvgIpc) is 3.21. The summed E-state index contributed by atoms with van der Waals surface area (Å²) in [7, 11) is 0. The Kier molecular flexibility index (Phi) is 6.67. The van der Waals surface area contributed by atoms with E-state index < -0.39 is 0 Å². The number of amides is 2. The van der Waals surface area contributed by atoms with Crippen molar-refractivity contribution in [1.29, 1.82) is 0 Å². The first-order valence-electron chi connectivity index (χ1n) is 10.5. The highest BCUT2D eigenvalue weighted by molar-refractivity contribution is 7.11. The van der Waals surface area contributed by atoms with Gasteiger partial charge in [0.15, 0.2) is 6.61 Å². The number of aryl methyl sites for hydroxylation is 1. The summed E-state index contributed by atoms with van der Waals surface area (Å²) in [5.41, 5.74) is 1.94. The van der Waals surface area contributed by atoms with Gasteiger partial charge in [-0.25, -0.2) is 0 Å². The van der Waals surface area contributed by atoms with E-state index in [0.29, 0.717) is 25.4 Å². The number of anilines is 1. The fourth-order valence-corrected chi connectivity index (χ4v) is 4.63. The quantitative estimate of drug-likeness (QED) is 0.527. The molecule has 1 aromatic heterocycles. The Hall–Kier alpha value is -3.12. The third-order valence-corrected chi connectivity index (χ3v) is 6.35. The zero-order chi connectivity index (χ0) is 21.6. The van der Waals surface area contributed by atoms with Crippen LogP contribution in [0.25, 0.3) is 0 Å². The molecule has 0 spiro atoms. The molecule has 2 heterocycles. The third kappa shape index (κ3) is 5.33. The van der Waals surface area contributed by atoms with E-state index in [2.05, 4.69) is 31.2 Å². The number of thiophene rings is 1. The molecular formula is C25H26N2O3S. The molecule has 0 bridgehead atoms. The molecule has 0 saturated carbocycles. The Labute approximate surface area is 186 Å². The first-order valence-corrected chi connectivity index (χ1v) is 11.3.